The summed E-state index contributed by atoms with van der Waals surface area (Å²) < 4.78 is 2.28. The van der Waals surface area contributed by atoms with E-state index in [0.29, 0.717) is 25.7 Å². The Hall–Kier alpha value is -1.87. The molecular formula is C14H7Cl2N3OS. The lowest BCUT2D eigenvalue weighted by Crippen LogP contribution is -2.22. The Bertz CT molecular complexity index is 940. The predicted molar refractivity (Wildman–Crippen MR) is 84.2 cm³/mol. The molecule has 104 valence electrons. The molecule has 0 N–H and O–H groups in total. The zero-order valence-corrected chi connectivity index (χ0v) is 12.8. The van der Waals surface area contributed by atoms with Crippen LogP contribution in [0.5, 0.6) is 0 Å². The van der Waals surface area contributed by atoms with E-state index in [1.54, 1.807) is 24.3 Å². The minimum Gasteiger partial charge on any atom is -0.278 e. The first-order valence-electron chi connectivity index (χ1n) is 5.93. The minimum atomic E-state index is -0.255. The van der Waals surface area contributed by atoms with E-state index >= 15 is 0 Å². The molecule has 3 rings (SSSR count). The van der Waals surface area contributed by atoms with Gasteiger partial charge in [-0.2, -0.15) is 5.26 Å². The number of hydrogen-bond acceptors (Lipinski definition) is 4. The summed E-state index contributed by atoms with van der Waals surface area (Å²) in [5.74, 6) is 0. The zero-order chi connectivity index (χ0) is 15.0. The van der Waals surface area contributed by atoms with E-state index in [-0.39, 0.29) is 17.4 Å². The molecule has 21 heavy (non-hydrogen) atoms. The monoisotopic (exact) mass is 335 g/mol. The maximum absolute atomic E-state index is 12.5. The van der Waals surface area contributed by atoms with Gasteiger partial charge in [0.2, 0.25) is 5.28 Å². The molecule has 0 aliphatic rings. The Morgan fingerprint density at radius 1 is 1.33 bits per heavy atom. The van der Waals surface area contributed by atoms with Gasteiger partial charge < -0.3 is 0 Å². The number of thiophene rings is 1. The predicted octanol–water partition coefficient (Wildman–Crippen LogP) is 3.68. The Morgan fingerprint density at radius 3 is 2.86 bits per heavy atom. The molecule has 0 aliphatic carbocycles. The van der Waals surface area contributed by atoms with Crippen molar-refractivity contribution in [3.63, 3.8) is 0 Å². The normalized spacial score (nSPS) is 10.7. The van der Waals surface area contributed by atoms with Gasteiger partial charge >= 0.3 is 0 Å². The highest BCUT2D eigenvalue weighted by molar-refractivity contribution is 7.22. The van der Waals surface area contributed by atoms with Gasteiger partial charge in [0, 0.05) is 0 Å². The summed E-state index contributed by atoms with van der Waals surface area (Å²) in [4.78, 5) is 16.7. The van der Waals surface area contributed by atoms with Crippen molar-refractivity contribution in [2.45, 2.75) is 6.54 Å². The molecule has 2 heterocycles. The number of nitrogens with zero attached hydrogens (tertiary/aromatic N) is 3. The number of halogens is 2. The fourth-order valence-electron chi connectivity index (χ4n) is 2.03. The fourth-order valence-corrected chi connectivity index (χ4v) is 3.36. The molecule has 3 aromatic rings. The van der Waals surface area contributed by atoms with Gasteiger partial charge in [0.05, 0.1) is 28.0 Å². The number of fused-ring (bicyclic) bond motifs is 1. The standard InChI is InChI=1S/C14H7Cl2N3OS/c15-11-5-10-12(21-11)13(20)19(14(16)18-10)7-9-4-2-1-3-8(9)6-17/h1-5H,7H2. The first-order valence-corrected chi connectivity index (χ1v) is 7.51. The summed E-state index contributed by atoms with van der Waals surface area (Å²) in [5.41, 5.74) is 1.46. The van der Waals surface area contributed by atoms with Gasteiger partial charge in [-0.25, -0.2) is 4.98 Å². The highest BCUT2D eigenvalue weighted by Crippen LogP contribution is 2.26. The second kappa shape index (κ2) is 5.49. The van der Waals surface area contributed by atoms with Crippen LogP contribution >= 0.6 is 34.5 Å². The van der Waals surface area contributed by atoms with Crippen molar-refractivity contribution in [3.05, 3.63) is 61.4 Å². The molecule has 0 fully saturated rings. The second-order valence-electron chi connectivity index (χ2n) is 4.31. The minimum absolute atomic E-state index is 0.0784. The van der Waals surface area contributed by atoms with E-state index in [4.69, 9.17) is 28.5 Å². The van der Waals surface area contributed by atoms with Crippen molar-refractivity contribution >= 4 is 44.8 Å². The van der Waals surface area contributed by atoms with Crippen LogP contribution in [-0.2, 0) is 6.54 Å². The maximum atomic E-state index is 12.5. The van der Waals surface area contributed by atoms with Crippen LogP contribution in [0.25, 0.3) is 10.2 Å². The Labute approximate surface area is 133 Å². The van der Waals surface area contributed by atoms with Crippen LogP contribution in [0.2, 0.25) is 9.62 Å². The van der Waals surface area contributed by atoms with Gasteiger partial charge in [0.1, 0.15) is 4.70 Å². The van der Waals surface area contributed by atoms with Crippen LogP contribution in [0.3, 0.4) is 0 Å². The number of rotatable bonds is 2. The highest BCUT2D eigenvalue weighted by atomic mass is 35.5. The molecule has 0 aliphatic heterocycles. The summed E-state index contributed by atoms with van der Waals surface area (Å²) >= 11 is 13.2. The highest BCUT2D eigenvalue weighted by Gasteiger charge is 2.14. The molecule has 7 heteroatoms. The van der Waals surface area contributed by atoms with Crippen LogP contribution in [0.1, 0.15) is 11.1 Å². The molecule has 0 amide bonds. The van der Waals surface area contributed by atoms with Crippen LogP contribution in [0.4, 0.5) is 0 Å². The number of benzene rings is 1. The first-order chi connectivity index (χ1) is 10.1. The summed E-state index contributed by atoms with van der Waals surface area (Å²) in [6.07, 6.45) is 0. The van der Waals surface area contributed by atoms with E-state index in [0.717, 1.165) is 0 Å². The van der Waals surface area contributed by atoms with E-state index < -0.39 is 0 Å². The van der Waals surface area contributed by atoms with Gasteiger partial charge in [-0.1, -0.05) is 29.8 Å². The van der Waals surface area contributed by atoms with Crippen molar-refractivity contribution in [2.75, 3.05) is 0 Å². The topological polar surface area (TPSA) is 58.7 Å². The molecule has 1 aromatic carbocycles. The van der Waals surface area contributed by atoms with Crippen molar-refractivity contribution in [3.8, 4) is 6.07 Å². The van der Waals surface area contributed by atoms with Gasteiger partial charge in [-0.3, -0.25) is 9.36 Å². The molecule has 4 nitrogen and oxygen atoms in total. The Kier molecular flexibility index (Phi) is 3.68. The lowest BCUT2D eigenvalue weighted by atomic mass is 10.1. The number of aromatic nitrogens is 2. The molecule has 2 aromatic heterocycles. The molecule has 0 unspecified atom stereocenters. The third-order valence-electron chi connectivity index (χ3n) is 3.02. The van der Waals surface area contributed by atoms with Crippen molar-refractivity contribution in [2.24, 2.45) is 0 Å². The summed E-state index contributed by atoms with van der Waals surface area (Å²) in [5, 5.41) is 9.19. The van der Waals surface area contributed by atoms with Gasteiger partial charge in [0.15, 0.2) is 0 Å². The van der Waals surface area contributed by atoms with Crippen molar-refractivity contribution in [1.82, 2.24) is 9.55 Å². The van der Waals surface area contributed by atoms with E-state index in [9.17, 15) is 4.79 Å². The molecular weight excluding hydrogens is 329 g/mol. The Morgan fingerprint density at radius 2 is 2.10 bits per heavy atom. The molecule has 0 radical (unpaired) electrons. The van der Waals surface area contributed by atoms with Crippen LogP contribution in [-0.4, -0.2) is 9.55 Å². The average molecular weight is 336 g/mol. The molecule has 0 bridgehead atoms. The summed E-state index contributed by atoms with van der Waals surface area (Å²) in [6.45, 7) is 0.194. The fraction of sp³-hybridized carbons (Fsp3) is 0.0714. The SMILES string of the molecule is N#Cc1ccccc1Cn1c(Cl)nc2cc(Cl)sc2c1=O. The van der Waals surface area contributed by atoms with E-state index in [1.165, 1.54) is 15.9 Å². The molecule has 0 spiro atoms. The lowest BCUT2D eigenvalue weighted by molar-refractivity contribution is 0.749. The Balaban J connectivity index is 2.17. The average Bonchev–Trinajstić information content (AvgIpc) is 2.84. The van der Waals surface area contributed by atoms with Crippen LogP contribution < -0.4 is 5.56 Å². The molecule has 0 atom stereocenters. The van der Waals surface area contributed by atoms with E-state index in [1.807, 2.05) is 6.07 Å². The third-order valence-corrected chi connectivity index (χ3v) is 4.55. The van der Waals surface area contributed by atoms with Gasteiger partial charge in [0.25, 0.3) is 5.56 Å². The van der Waals surface area contributed by atoms with E-state index in [2.05, 4.69) is 11.1 Å². The quantitative estimate of drug-likeness (QED) is 0.671. The van der Waals surface area contributed by atoms with Crippen molar-refractivity contribution in [1.29, 1.82) is 5.26 Å². The number of nitriles is 1. The smallest absolute Gasteiger partial charge is 0.272 e. The maximum Gasteiger partial charge on any atom is 0.272 e. The van der Waals surface area contributed by atoms with Crippen LogP contribution in [0, 0.1) is 11.3 Å². The van der Waals surface area contributed by atoms with Gasteiger partial charge in [-0.15, -0.1) is 11.3 Å². The summed E-state index contributed by atoms with van der Waals surface area (Å²) in [7, 11) is 0. The largest absolute Gasteiger partial charge is 0.278 e. The molecule has 0 saturated heterocycles. The van der Waals surface area contributed by atoms with Crippen molar-refractivity contribution < 1.29 is 0 Å². The summed E-state index contributed by atoms with van der Waals surface area (Å²) in [6, 6.07) is 10.8. The zero-order valence-electron chi connectivity index (χ0n) is 10.5. The van der Waals surface area contributed by atoms with Gasteiger partial charge in [-0.05, 0) is 29.3 Å². The first kappa shape index (κ1) is 14.1. The third kappa shape index (κ3) is 2.54. The molecule has 0 saturated carbocycles. The van der Waals surface area contributed by atoms with Crippen LogP contribution in [0.15, 0.2) is 35.1 Å². The lowest BCUT2D eigenvalue weighted by Gasteiger charge is -2.09. The second-order valence-corrected chi connectivity index (χ2v) is 6.33. The number of hydrogen-bond donors (Lipinski definition) is 0.